The molecule has 0 atom stereocenters. The Kier molecular flexibility index (Phi) is 8.17. The van der Waals surface area contributed by atoms with Crippen molar-refractivity contribution >= 4 is 71.6 Å². The molecule has 0 saturated heterocycles. The number of furan rings is 1. The highest BCUT2D eigenvalue weighted by Crippen LogP contribution is 2.48. The van der Waals surface area contributed by atoms with E-state index in [2.05, 4.69) is 234 Å². The minimum absolute atomic E-state index is 0.891. The zero-order valence-corrected chi connectivity index (χ0v) is 33.2. The molecule has 0 amide bonds. The zero-order valence-electron chi connectivity index (χ0n) is 33.2. The van der Waals surface area contributed by atoms with Gasteiger partial charge in [-0.15, -0.1) is 0 Å². The molecule has 12 aromatic rings. The fraction of sp³-hybridized carbons (Fsp3) is 0. The van der Waals surface area contributed by atoms with Crippen LogP contribution in [0, 0.1) is 0 Å². The van der Waals surface area contributed by atoms with E-state index in [1.165, 1.54) is 38.1 Å². The lowest BCUT2D eigenvalue weighted by Gasteiger charge is -2.31. The number of hydrogen-bond acceptors (Lipinski definition) is 2. The lowest BCUT2D eigenvalue weighted by atomic mass is 9.94. The summed E-state index contributed by atoms with van der Waals surface area (Å²) in [6.07, 6.45) is 0. The van der Waals surface area contributed by atoms with Gasteiger partial charge in [0.1, 0.15) is 11.2 Å². The Morgan fingerprint density at radius 2 is 0.852 bits per heavy atom. The number of anilines is 3. The standard InChI is InChI=1S/C58H38N2O/c1-2-22-42-39(18-1)19-16-30-44(42)45-23-3-9-32-52(45)59(41-21-15-20-40(38-41)43-29-17-31-51-50-28-8-14-37-57(50)61-58(43)51)53-33-10-4-24-46(53)47-25-5-11-34-54(47)60-55-35-12-6-26-48(55)49-27-7-13-36-56(49)60/h1-38H. The number of fused-ring (bicyclic) bond motifs is 7. The lowest BCUT2D eigenvalue weighted by Crippen LogP contribution is -2.13. The van der Waals surface area contributed by atoms with Gasteiger partial charge in [-0.2, -0.15) is 0 Å². The van der Waals surface area contributed by atoms with Crippen LogP contribution in [0.2, 0.25) is 0 Å². The van der Waals surface area contributed by atoms with Crippen LogP contribution in [0.15, 0.2) is 235 Å². The highest BCUT2D eigenvalue weighted by Gasteiger charge is 2.24. The minimum atomic E-state index is 0.891. The maximum absolute atomic E-state index is 6.60. The molecule has 10 aromatic carbocycles. The lowest BCUT2D eigenvalue weighted by molar-refractivity contribution is 0.670. The van der Waals surface area contributed by atoms with Crippen LogP contribution < -0.4 is 4.90 Å². The average molecular weight is 779 g/mol. The van der Waals surface area contributed by atoms with Crippen molar-refractivity contribution in [2.75, 3.05) is 4.90 Å². The van der Waals surface area contributed by atoms with Crippen molar-refractivity contribution in [2.24, 2.45) is 0 Å². The van der Waals surface area contributed by atoms with E-state index in [1.54, 1.807) is 0 Å². The highest BCUT2D eigenvalue weighted by atomic mass is 16.3. The Morgan fingerprint density at radius 3 is 1.62 bits per heavy atom. The molecule has 0 aliphatic carbocycles. The Hall–Kier alpha value is -8.14. The summed E-state index contributed by atoms with van der Waals surface area (Å²) < 4.78 is 9.03. The first-order valence-electron chi connectivity index (χ1n) is 20.9. The molecule has 0 saturated carbocycles. The monoisotopic (exact) mass is 778 g/mol. The van der Waals surface area contributed by atoms with E-state index in [9.17, 15) is 0 Å². The molecular formula is C58H38N2O. The number of hydrogen-bond donors (Lipinski definition) is 0. The van der Waals surface area contributed by atoms with Crippen LogP contribution in [-0.4, -0.2) is 4.57 Å². The van der Waals surface area contributed by atoms with Crippen molar-refractivity contribution in [3.63, 3.8) is 0 Å². The third-order valence-electron chi connectivity index (χ3n) is 12.2. The summed E-state index contributed by atoms with van der Waals surface area (Å²) in [5, 5.41) is 7.14. The molecule has 3 heteroatoms. The SMILES string of the molecule is c1cc(-c2cccc3c2oc2ccccc23)cc(N(c2ccccc2-c2ccccc2-n2c3ccccc3c3ccccc32)c2ccccc2-c2cccc3ccccc23)c1. The van der Waals surface area contributed by atoms with E-state index < -0.39 is 0 Å². The van der Waals surface area contributed by atoms with Gasteiger partial charge in [0.15, 0.2) is 0 Å². The van der Waals surface area contributed by atoms with Gasteiger partial charge in [0.25, 0.3) is 0 Å². The van der Waals surface area contributed by atoms with Crippen molar-refractivity contribution in [3.05, 3.63) is 231 Å². The largest absolute Gasteiger partial charge is 0.455 e. The first-order valence-corrected chi connectivity index (χ1v) is 20.9. The summed E-state index contributed by atoms with van der Waals surface area (Å²) in [6.45, 7) is 0. The molecule has 0 N–H and O–H groups in total. The van der Waals surface area contributed by atoms with E-state index in [4.69, 9.17) is 4.42 Å². The van der Waals surface area contributed by atoms with Crippen LogP contribution in [0.4, 0.5) is 17.1 Å². The fourth-order valence-corrected chi connectivity index (χ4v) is 9.53. The molecule has 0 unspecified atom stereocenters. The molecule has 0 aliphatic heterocycles. The van der Waals surface area contributed by atoms with Crippen LogP contribution in [0.1, 0.15) is 0 Å². The summed E-state index contributed by atoms with van der Waals surface area (Å²) in [6, 6.07) is 83.0. The normalized spacial score (nSPS) is 11.6. The topological polar surface area (TPSA) is 21.3 Å². The molecule has 61 heavy (non-hydrogen) atoms. The maximum atomic E-state index is 6.60. The average Bonchev–Trinajstić information content (AvgIpc) is 3.88. The van der Waals surface area contributed by atoms with Crippen LogP contribution in [0.5, 0.6) is 0 Å². The first kappa shape index (κ1) is 34.9. The van der Waals surface area contributed by atoms with Crippen molar-refractivity contribution in [3.8, 4) is 39.1 Å². The van der Waals surface area contributed by atoms with E-state index in [1.807, 2.05) is 6.07 Å². The van der Waals surface area contributed by atoms with Gasteiger partial charge in [-0.3, -0.25) is 0 Å². The number of benzene rings is 10. The summed E-state index contributed by atoms with van der Waals surface area (Å²) in [5.74, 6) is 0. The van der Waals surface area contributed by atoms with Gasteiger partial charge in [0.2, 0.25) is 0 Å². The van der Waals surface area contributed by atoms with Gasteiger partial charge in [0.05, 0.1) is 28.1 Å². The Labute approximate surface area is 353 Å². The smallest absolute Gasteiger partial charge is 0.143 e. The van der Waals surface area contributed by atoms with Gasteiger partial charge >= 0.3 is 0 Å². The third-order valence-corrected chi connectivity index (χ3v) is 12.2. The zero-order chi connectivity index (χ0) is 40.3. The van der Waals surface area contributed by atoms with E-state index >= 15 is 0 Å². The second-order valence-corrected chi connectivity index (χ2v) is 15.6. The molecule has 3 nitrogen and oxygen atoms in total. The second-order valence-electron chi connectivity index (χ2n) is 15.6. The number of nitrogens with zero attached hydrogens (tertiary/aromatic N) is 2. The quantitative estimate of drug-likeness (QED) is 0.161. The van der Waals surface area contributed by atoms with Gasteiger partial charge in [-0.05, 0) is 70.4 Å². The van der Waals surface area contributed by atoms with Gasteiger partial charge in [0, 0.05) is 49.5 Å². The molecule has 2 aromatic heterocycles. The predicted octanol–water partition coefficient (Wildman–Crippen LogP) is 16.3. The van der Waals surface area contributed by atoms with Gasteiger partial charge in [-0.25, -0.2) is 0 Å². The highest BCUT2D eigenvalue weighted by molar-refractivity contribution is 6.11. The van der Waals surface area contributed by atoms with Crippen molar-refractivity contribution < 1.29 is 4.42 Å². The van der Waals surface area contributed by atoms with Crippen molar-refractivity contribution in [1.29, 1.82) is 0 Å². The fourth-order valence-electron chi connectivity index (χ4n) is 9.53. The first-order chi connectivity index (χ1) is 30.3. The van der Waals surface area contributed by atoms with Crippen LogP contribution in [0.3, 0.4) is 0 Å². The van der Waals surface area contributed by atoms with Crippen molar-refractivity contribution in [1.82, 2.24) is 4.57 Å². The molecule has 12 rings (SSSR count). The summed E-state index contributed by atoms with van der Waals surface area (Å²) in [5.41, 5.74) is 15.2. The molecular weight excluding hydrogens is 741 g/mol. The number of rotatable bonds is 7. The summed E-state index contributed by atoms with van der Waals surface area (Å²) in [7, 11) is 0. The van der Waals surface area contributed by atoms with E-state index in [0.717, 1.165) is 72.5 Å². The van der Waals surface area contributed by atoms with Crippen molar-refractivity contribution in [2.45, 2.75) is 0 Å². The second kappa shape index (κ2) is 14.3. The molecule has 286 valence electrons. The number of aromatic nitrogens is 1. The van der Waals surface area contributed by atoms with Crippen LogP contribution >= 0.6 is 0 Å². The molecule has 0 bridgehead atoms. The maximum Gasteiger partial charge on any atom is 0.143 e. The third kappa shape index (κ3) is 5.66. The van der Waals surface area contributed by atoms with Gasteiger partial charge in [-0.1, -0.05) is 182 Å². The Morgan fingerprint density at radius 1 is 0.344 bits per heavy atom. The molecule has 0 spiro atoms. The minimum Gasteiger partial charge on any atom is -0.455 e. The Balaban J connectivity index is 1.12. The predicted molar refractivity (Wildman–Crippen MR) is 257 cm³/mol. The molecule has 0 radical (unpaired) electrons. The summed E-state index contributed by atoms with van der Waals surface area (Å²) in [4.78, 5) is 2.46. The molecule has 0 fully saturated rings. The van der Waals surface area contributed by atoms with Gasteiger partial charge < -0.3 is 13.9 Å². The molecule has 2 heterocycles. The number of para-hydroxylation sites is 7. The van der Waals surface area contributed by atoms with Crippen LogP contribution in [-0.2, 0) is 0 Å². The van der Waals surface area contributed by atoms with E-state index in [-0.39, 0.29) is 0 Å². The van der Waals surface area contributed by atoms with Crippen LogP contribution in [0.25, 0.3) is 93.6 Å². The van der Waals surface area contributed by atoms with E-state index in [0.29, 0.717) is 0 Å². The Bertz CT molecular complexity index is 3570. The molecule has 0 aliphatic rings. The summed E-state index contributed by atoms with van der Waals surface area (Å²) >= 11 is 0.